The summed E-state index contributed by atoms with van der Waals surface area (Å²) < 4.78 is 27.7. The van der Waals surface area contributed by atoms with Crippen molar-refractivity contribution >= 4 is 10.8 Å². The molecule has 0 spiro atoms. The molecule has 0 fully saturated rings. The SMILES string of the molecule is CCc1ccc(C#Cc2ccc(C#Cc3ccc4cc(F)ccc4c3)c(F)c2)cc1. The molecule has 4 rings (SSSR count). The van der Waals surface area contributed by atoms with Crippen molar-refractivity contribution in [1.29, 1.82) is 0 Å². The highest BCUT2D eigenvalue weighted by atomic mass is 19.1. The van der Waals surface area contributed by atoms with Crippen LogP contribution in [0.25, 0.3) is 10.8 Å². The van der Waals surface area contributed by atoms with Gasteiger partial charge in [-0.05, 0) is 77.4 Å². The van der Waals surface area contributed by atoms with Gasteiger partial charge in [0.05, 0.1) is 5.56 Å². The molecule has 0 aliphatic rings. The molecule has 144 valence electrons. The average Bonchev–Trinajstić information content (AvgIpc) is 2.77. The summed E-state index contributed by atoms with van der Waals surface area (Å²) in [7, 11) is 0. The van der Waals surface area contributed by atoms with Crippen LogP contribution in [0, 0.1) is 35.3 Å². The molecule has 0 heterocycles. The molecule has 4 aromatic rings. The minimum atomic E-state index is -0.404. The normalized spacial score (nSPS) is 10.1. The van der Waals surface area contributed by atoms with Crippen LogP contribution in [0.3, 0.4) is 0 Å². The zero-order valence-electron chi connectivity index (χ0n) is 16.5. The first-order valence-corrected chi connectivity index (χ1v) is 9.72. The first kappa shape index (κ1) is 19.4. The molecule has 0 nitrogen and oxygen atoms in total. The Bertz CT molecular complexity index is 1340. The first-order valence-electron chi connectivity index (χ1n) is 9.72. The van der Waals surface area contributed by atoms with Crippen molar-refractivity contribution in [3.63, 3.8) is 0 Å². The predicted molar refractivity (Wildman–Crippen MR) is 118 cm³/mol. The van der Waals surface area contributed by atoms with E-state index in [1.165, 1.54) is 23.8 Å². The van der Waals surface area contributed by atoms with Gasteiger partial charge >= 0.3 is 0 Å². The highest BCUT2D eigenvalue weighted by molar-refractivity contribution is 5.84. The van der Waals surface area contributed by atoms with E-state index in [1.54, 1.807) is 24.3 Å². The molecule has 0 aromatic heterocycles. The molecule has 0 aliphatic carbocycles. The van der Waals surface area contributed by atoms with Gasteiger partial charge in [-0.3, -0.25) is 0 Å². The molecule has 0 N–H and O–H groups in total. The van der Waals surface area contributed by atoms with Crippen molar-refractivity contribution in [2.75, 3.05) is 0 Å². The summed E-state index contributed by atoms with van der Waals surface area (Å²) in [6.45, 7) is 2.11. The molecule has 0 atom stereocenters. The Morgan fingerprint density at radius 2 is 1.20 bits per heavy atom. The second-order valence-corrected chi connectivity index (χ2v) is 6.95. The van der Waals surface area contributed by atoms with Crippen LogP contribution in [-0.2, 0) is 6.42 Å². The summed E-state index contributed by atoms with van der Waals surface area (Å²) in [5.41, 5.74) is 3.81. The molecular formula is C28H18F2. The molecule has 0 bridgehead atoms. The van der Waals surface area contributed by atoms with E-state index in [2.05, 4.69) is 30.6 Å². The van der Waals surface area contributed by atoms with Gasteiger partial charge < -0.3 is 0 Å². The lowest BCUT2D eigenvalue weighted by Crippen LogP contribution is -1.86. The van der Waals surface area contributed by atoms with E-state index in [0.29, 0.717) is 11.1 Å². The third-order valence-corrected chi connectivity index (χ3v) is 4.83. The third kappa shape index (κ3) is 4.57. The van der Waals surface area contributed by atoms with E-state index in [-0.39, 0.29) is 5.82 Å². The zero-order chi connectivity index (χ0) is 20.9. The standard InChI is InChI=1S/C28H18F2/c1-2-20-3-5-21(6-4-20)7-8-23-10-13-24(28(30)18-23)12-9-22-11-14-26-19-27(29)16-15-25(26)17-22/h3-6,10-11,13-19H,2H2,1H3. The van der Waals surface area contributed by atoms with E-state index < -0.39 is 5.82 Å². The minimum Gasteiger partial charge on any atom is -0.207 e. The lowest BCUT2D eigenvalue weighted by atomic mass is 10.1. The monoisotopic (exact) mass is 392 g/mol. The third-order valence-electron chi connectivity index (χ3n) is 4.83. The average molecular weight is 392 g/mol. The topological polar surface area (TPSA) is 0 Å². The maximum Gasteiger partial charge on any atom is 0.140 e. The van der Waals surface area contributed by atoms with Crippen LogP contribution < -0.4 is 0 Å². The number of rotatable bonds is 1. The lowest BCUT2D eigenvalue weighted by molar-refractivity contribution is 0.624. The molecule has 0 saturated carbocycles. The van der Waals surface area contributed by atoms with Gasteiger partial charge in [0.25, 0.3) is 0 Å². The molecule has 0 unspecified atom stereocenters. The van der Waals surface area contributed by atoms with Crippen molar-refractivity contribution in [1.82, 2.24) is 0 Å². The molecular weight excluding hydrogens is 374 g/mol. The summed E-state index contributed by atoms with van der Waals surface area (Å²) in [6.07, 6.45) is 0.985. The fraction of sp³-hybridized carbons (Fsp3) is 0.0714. The molecule has 0 radical (unpaired) electrons. The van der Waals surface area contributed by atoms with Crippen molar-refractivity contribution in [2.45, 2.75) is 13.3 Å². The summed E-state index contributed by atoms with van der Waals surface area (Å²) in [4.78, 5) is 0. The van der Waals surface area contributed by atoms with Crippen molar-refractivity contribution in [2.24, 2.45) is 0 Å². The molecule has 0 amide bonds. The minimum absolute atomic E-state index is 0.274. The Morgan fingerprint density at radius 1 is 0.600 bits per heavy atom. The maximum atomic E-state index is 14.5. The van der Waals surface area contributed by atoms with E-state index in [1.807, 2.05) is 36.4 Å². The summed E-state index contributed by atoms with van der Waals surface area (Å²) in [5.74, 6) is 11.2. The van der Waals surface area contributed by atoms with Gasteiger partial charge in [-0.15, -0.1) is 0 Å². The van der Waals surface area contributed by atoms with Crippen LogP contribution in [0.15, 0.2) is 78.9 Å². The van der Waals surface area contributed by atoms with Gasteiger partial charge in [0, 0.05) is 16.7 Å². The zero-order valence-corrected chi connectivity index (χ0v) is 16.5. The Balaban J connectivity index is 1.54. The highest BCUT2D eigenvalue weighted by Gasteiger charge is 2.01. The molecule has 2 heteroatoms. The molecule has 0 aliphatic heterocycles. The van der Waals surface area contributed by atoms with Crippen molar-refractivity contribution in [3.05, 3.63) is 118 Å². The smallest absolute Gasteiger partial charge is 0.140 e. The summed E-state index contributed by atoms with van der Waals surface area (Å²) in [5, 5.41) is 1.69. The fourth-order valence-corrected chi connectivity index (χ4v) is 3.10. The van der Waals surface area contributed by atoms with Gasteiger partial charge in [0.15, 0.2) is 0 Å². The number of halogens is 2. The van der Waals surface area contributed by atoms with Crippen molar-refractivity contribution < 1.29 is 8.78 Å². The largest absolute Gasteiger partial charge is 0.207 e. The van der Waals surface area contributed by atoms with E-state index in [4.69, 9.17) is 0 Å². The van der Waals surface area contributed by atoms with Gasteiger partial charge in [-0.1, -0.05) is 54.9 Å². The van der Waals surface area contributed by atoms with E-state index in [9.17, 15) is 8.78 Å². The van der Waals surface area contributed by atoms with Gasteiger partial charge in [-0.25, -0.2) is 8.78 Å². The number of benzene rings is 4. The lowest BCUT2D eigenvalue weighted by Gasteiger charge is -1.99. The van der Waals surface area contributed by atoms with Crippen LogP contribution >= 0.6 is 0 Å². The number of hydrogen-bond acceptors (Lipinski definition) is 0. The second kappa shape index (κ2) is 8.64. The number of fused-ring (bicyclic) bond motifs is 1. The Kier molecular flexibility index (Phi) is 5.60. The Morgan fingerprint density at radius 3 is 1.97 bits per heavy atom. The quantitative estimate of drug-likeness (QED) is 0.325. The summed E-state index contributed by atoms with van der Waals surface area (Å²) >= 11 is 0. The van der Waals surface area contributed by atoms with E-state index in [0.717, 1.165) is 28.3 Å². The van der Waals surface area contributed by atoms with Crippen LogP contribution in [0.1, 0.15) is 34.7 Å². The highest BCUT2D eigenvalue weighted by Crippen LogP contribution is 2.17. The number of aryl methyl sites for hydroxylation is 1. The number of hydrogen-bond donors (Lipinski definition) is 0. The maximum absolute atomic E-state index is 14.5. The molecule has 4 aromatic carbocycles. The van der Waals surface area contributed by atoms with E-state index >= 15 is 0 Å². The van der Waals surface area contributed by atoms with Gasteiger partial charge in [0.1, 0.15) is 11.6 Å². The van der Waals surface area contributed by atoms with Gasteiger partial charge in [-0.2, -0.15) is 0 Å². The van der Waals surface area contributed by atoms with Crippen molar-refractivity contribution in [3.8, 4) is 23.7 Å². The van der Waals surface area contributed by atoms with Crippen LogP contribution in [0.2, 0.25) is 0 Å². The Hall–Kier alpha value is -3.88. The van der Waals surface area contributed by atoms with Crippen LogP contribution in [-0.4, -0.2) is 0 Å². The van der Waals surface area contributed by atoms with Crippen LogP contribution in [0.5, 0.6) is 0 Å². The van der Waals surface area contributed by atoms with Crippen LogP contribution in [0.4, 0.5) is 8.78 Å². The van der Waals surface area contributed by atoms with Gasteiger partial charge in [0.2, 0.25) is 0 Å². The fourth-order valence-electron chi connectivity index (χ4n) is 3.10. The Labute approximate surface area is 175 Å². The first-order chi connectivity index (χ1) is 14.6. The molecule has 0 saturated heterocycles. The summed E-state index contributed by atoms with van der Waals surface area (Å²) in [6, 6.07) is 22.9. The molecule has 30 heavy (non-hydrogen) atoms. The second-order valence-electron chi connectivity index (χ2n) is 6.95. The predicted octanol–water partition coefficient (Wildman–Crippen LogP) is 6.48.